The number of rotatable bonds is 3. The molecule has 0 saturated heterocycles. The zero-order valence-electron chi connectivity index (χ0n) is 6.93. The van der Waals surface area contributed by atoms with Crippen LogP contribution in [0.2, 0.25) is 0 Å². The Kier molecular flexibility index (Phi) is 2.94. The molecule has 0 aliphatic heterocycles. The Balaban J connectivity index is 3.13. The molecule has 0 aromatic heterocycles. The lowest BCUT2D eigenvalue weighted by Crippen LogP contribution is -2.02. The van der Waals surface area contributed by atoms with Gasteiger partial charge in [0.1, 0.15) is 0 Å². The molecule has 1 rings (SSSR count). The summed E-state index contributed by atoms with van der Waals surface area (Å²) in [5.41, 5.74) is 6.60. The number of nitro benzene ring substituents is 1. The highest BCUT2D eigenvalue weighted by Crippen LogP contribution is 2.17. The van der Waals surface area contributed by atoms with Crippen LogP contribution < -0.4 is 5.73 Å². The third kappa shape index (κ3) is 2.01. The Morgan fingerprint density at radius 2 is 2.15 bits per heavy atom. The Bertz CT molecular complexity index is 325. The van der Waals surface area contributed by atoms with Gasteiger partial charge in [-0.05, 0) is 17.2 Å². The number of hydrogen-bond donors (Lipinski definition) is 2. The van der Waals surface area contributed by atoms with Gasteiger partial charge >= 0.3 is 0 Å². The molecular formula is C8H10N2O3. The van der Waals surface area contributed by atoms with Crippen molar-refractivity contribution in [2.45, 2.75) is 13.2 Å². The van der Waals surface area contributed by atoms with Gasteiger partial charge in [0.15, 0.2) is 0 Å². The first kappa shape index (κ1) is 9.63. The molecule has 5 nitrogen and oxygen atoms in total. The molecule has 0 fully saturated rings. The van der Waals surface area contributed by atoms with Gasteiger partial charge in [-0.3, -0.25) is 10.1 Å². The molecule has 1 aromatic carbocycles. The number of nitrogens with zero attached hydrogens (tertiary/aromatic N) is 1. The van der Waals surface area contributed by atoms with Crippen molar-refractivity contribution in [1.29, 1.82) is 0 Å². The van der Waals surface area contributed by atoms with Crippen LogP contribution in [0.3, 0.4) is 0 Å². The molecule has 70 valence electrons. The molecule has 0 amide bonds. The van der Waals surface area contributed by atoms with Crippen LogP contribution in [0.5, 0.6) is 0 Å². The number of hydrogen-bond acceptors (Lipinski definition) is 4. The molecule has 0 radical (unpaired) electrons. The van der Waals surface area contributed by atoms with Gasteiger partial charge in [-0.1, -0.05) is 0 Å². The van der Waals surface area contributed by atoms with Crippen LogP contribution in [0.4, 0.5) is 5.69 Å². The van der Waals surface area contributed by atoms with Crippen molar-refractivity contribution in [3.05, 3.63) is 39.4 Å². The lowest BCUT2D eigenvalue weighted by Gasteiger charge is -2.03. The smallest absolute Gasteiger partial charge is 0.269 e. The molecule has 0 saturated carbocycles. The van der Waals surface area contributed by atoms with Crippen LogP contribution in [0, 0.1) is 10.1 Å². The van der Waals surface area contributed by atoms with Crippen molar-refractivity contribution < 1.29 is 10.0 Å². The summed E-state index contributed by atoms with van der Waals surface area (Å²) < 4.78 is 0. The average molecular weight is 182 g/mol. The Labute approximate surface area is 74.9 Å². The molecule has 0 atom stereocenters. The number of aliphatic hydroxyl groups is 1. The van der Waals surface area contributed by atoms with Crippen molar-refractivity contribution in [3.63, 3.8) is 0 Å². The number of non-ortho nitro benzene ring substituents is 1. The van der Waals surface area contributed by atoms with Gasteiger partial charge in [0.05, 0.1) is 11.5 Å². The van der Waals surface area contributed by atoms with Crippen molar-refractivity contribution in [2.75, 3.05) is 0 Å². The van der Waals surface area contributed by atoms with E-state index in [9.17, 15) is 10.1 Å². The predicted octanol–water partition coefficient (Wildman–Crippen LogP) is 0.546. The number of aliphatic hydroxyl groups excluding tert-OH is 1. The molecule has 0 spiro atoms. The lowest BCUT2D eigenvalue weighted by atomic mass is 10.1. The molecule has 0 bridgehead atoms. The third-order valence-electron chi connectivity index (χ3n) is 1.79. The van der Waals surface area contributed by atoms with E-state index in [1.165, 1.54) is 18.2 Å². The van der Waals surface area contributed by atoms with Crippen LogP contribution in [-0.2, 0) is 13.2 Å². The monoisotopic (exact) mass is 182 g/mol. The van der Waals surface area contributed by atoms with E-state index >= 15 is 0 Å². The van der Waals surface area contributed by atoms with Gasteiger partial charge in [-0.25, -0.2) is 0 Å². The van der Waals surface area contributed by atoms with Gasteiger partial charge in [-0.15, -0.1) is 0 Å². The zero-order chi connectivity index (χ0) is 9.84. The fourth-order valence-electron chi connectivity index (χ4n) is 1.07. The molecular weight excluding hydrogens is 172 g/mol. The standard InChI is InChI=1S/C8H10N2O3/c9-4-7-3-8(10(12)13)2-1-6(7)5-11/h1-3,11H,4-5,9H2. The first-order chi connectivity index (χ1) is 6.19. The summed E-state index contributed by atoms with van der Waals surface area (Å²) in [5.74, 6) is 0. The van der Waals surface area contributed by atoms with E-state index in [-0.39, 0.29) is 18.8 Å². The molecule has 3 N–H and O–H groups in total. The minimum absolute atomic E-state index is 0.00218. The summed E-state index contributed by atoms with van der Waals surface area (Å²) in [6.45, 7) is 0.0438. The molecule has 0 aliphatic carbocycles. The van der Waals surface area contributed by atoms with Crippen molar-refractivity contribution in [3.8, 4) is 0 Å². The minimum atomic E-state index is -0.486. The molecule has 0 heterocycles. The minimum Gasteiger partial charge on any atom is -0.392 e. The van der Waals surface area contributed by atoms with E-state index in [0.717, 1.165) is 0 Å². The Morgan fingerprint density at radius 1 is 1.46 bits per heavy atom. The summed E-state index contributed by atoms with van der Waals surface area (Å²) in [5, 5.41) is 19.2. The number of benzene rings is 1. The summed E-state index contributed by atoms with van der Waals surface area (Å²) in [6.07, 6.45) is 0. The predicted molar refractivity (Wildman–Crippen MR) is 46.9 cm³/mol. The fraction of sp³-hybridized carbons (Fsp3) is 0.250. The van der Waals surface area contributed by atoms with Crippen molar-refractivity contribution in [2.24, 2.45) is 5.73 Å². The SMILES string of the molecule is NCc1cc([N+](=O)[O-])ccc1CO. The molecule has 0 aliphatic rings. The van der Waals surface area contributed by atoms with Crippen LogP contribution in [0.25, 0.3) is 0 Å². The zero-order valence-corrected chi connectivity index (χ0v) is 6.93. The van der Waals surface area contributed by atoms with E-state index in [4.69, 9.17) is 10.8 Å². The second-order valence-corrected chi connectivity index (χ2v) is 2.57. The van der Waals surface area contributed by atoms with Crippen LogP contribution in [-0.4, -0.2) is 10.0 Å². The van der Waals surface area contributed by atoms with Crippen molar-refractivity contribution >= 4 is 5.69 Å². The number of nitro groups is 1. The van der Waals surface area contributed by atoms with Gasteiger partial charge in [0.25, 0.3) is 5.69 Å². The van der Waals surface area contributed by atoms with E-state index < -0.39 is 4.92 Å². The first-order valence-corrected chi connectivity index (χ1v) is 3.76. The summed E-state index contributed by atoms with van der Waals surface area (Å²) in [6, 6.07) is 4.25. The van der Waals surface area contributed by atoms with E-state index in [0.29, 0.717) is 11.1 Å². The molecule has 13 heavy (non-hydrogen) atoms. The van der Waals surface area contributed by atoms with Crippen molar-refractivity contribution in [1.82, 2.24) is 0 Å². The third-order valence-corrected chi connectivity index (χ3v) is 1.79. The van der Waals surface area contributed by atoms with E-state index in [1.54, 1.807) is 0 Å². The summed E-state index contributed by atoms with van der Waals surface area (Å²) in [7, 11) is 0. The quantitative estimate of drug-likeness (QED) is 0.527. The molecule has 1 aromatic rings. The van der Waals surface area contributed by atoms with Gasteiger partial charge < -0.3 is 10.8 Å². The van der Waals surface area contributed by atoms with Gasteiger partial charge in [-0.2, -0.15) is 0 Å². The van der Waals surface area contributed by atoms with Gasteiger partial charge in [0.2, 0.25) is 0 Å². The highest BCUT2D eigenvalue weighted by Gasteiger charge is 2.08. The lowest BCUT2D eigenvalue weighted by molar-refractivity contribution is -0.384. The highest BCUT2D eigenvalue weighted by atomic mass is 16.6. The van der Waals surface area contributed by atoms with Crippen LogP contribution in [0.1, 0.15) is 11.1 Å². The fourth-order valence-corrected chi connectivity index (χ4v) is 1.07. The maximum absolute atomic E-state index is 10.4. The van der Waals surface area contributed by atoms with Crippen LogP contribution in [0.15, 0.2) is 18.2 Å². The van der Waals surface area contributed by atoms with E-state index in [2.05, 4.69) is 0 Å². The average Bonchev–Trinajstić information content (AvgIpc) is 2.16. The second-order valence-electron chi connectivity index (χ2n) is 2.57. The second kappa shape index (κ2) is 3.97. The largest absolute Gasteiger partial charge is 0.392 e. The normalized spacial score (nSPS) is 10.0. The summed E-state index contributed by atoms with van der Waals surface area (Å²) in [4.78, 5) is 9.89. The van der Waals surface area contributed by atoms with Crippen LogP contribution >= 0.6 is 0 Å². The Morgan fingerprint density at radius 3 is 2.62 bits per heavy atom. The molecule has 5 heteroatoms. The molecule has 0 unspecified atom stereocenters. The topological polar surface area (TPSA) is 89.4 Å². The highest BCUT2D eigenvalue weighted by molar-refractivity contribution is 5.39. The first-order valence-electron chi connectivity index (χ1n) is 3.76. The maximum Gasteiger partial charge on any atom is 0.269 e. The van der Waals surface area contributed by atoms with Gasteiger partial charge in [0, 0.05) is 18.7 Å². The summed E-state index contributed by atoms with van der Waals surface area (Å²) >= 11 is 0. The van der Waals surface area contributed by atoms with E-state index in [1.807, 2.05) is 0 Å². The maximum atomic E-state index is 10.4. The number of nitrogens with two attached hydrogens (primary N) is 1. The Hall–Kier alpha value is -1.46.